The van der Waals surface area contributed by atoms with Crippen molar-refractivity contribution in [3.05, 3.63) is 0 Å². The minimum Gasteiger partial charge on any atom is -0.342 e. The van der Waals surface area contributed by atoms with Crippen LogP contribution < -0.4 is 5.32 Å². The maximum absolute atomic E-state index is 12.5. The van der Waals surface area contributed by atoms with Crippen LogP contribution in [0.1, 0.15) is 33.1 Å². The van der Waals surface area contributed by atoms with Gasteiger partial charge in [0.1, 0.15) is 0 Å². The third-order valence-electron chi connectivity index (χ3n) is 4.83. The molecule has 0 bridgehead atoms. The molecule has 0 radical (unpaired) electrons. The smallest absolute Gasteiger partial charge is 0.227 e. The van der Waals surface area contributed by atoms with Gasteiger partial charge in [-0.1, -0.05) is 13.8 Å². The van der Waals surface area contributed by atoms with E-state index in [9.17, 15) is 4.79 Å². The zero-order valence-electron chi connectivity index (χ0n) is 12.7. The largest absolute Gasteiger partial charge is 0.342 e. The van der Waals surface area contributed by atoms with E-state index in [1.54, 1.807) is 0 Å². The molecule has 0 spiro atoms. The number of nitrogens with zero attached hydrogens (tertiary/aromatic N) is 2. The van der Waals surface area contributed by atoms with Crippen LogP contribution in [0.25, 0.3) is 0 Å². The summed E-state index contributed by atoms with van der Waals surface area (Å²) < 4.78 is 0. The molecular formula is C15H29N3O. The Morgan fingerprint density at radius 3 is 2.53 bits per heavy atom. The molecule has 0 aliphatic carbocycles. The van der Waals surface area contributed by atoms with Gasteiger partial charge in [-0.2, -0.15) is 0 Å². The van der Waals surface area contributed by atoms with Crippen molar-refractivity contribution in [2.24, 2.45) is 11.8 Å². The SMILES string of the molecule is CCCN1CCC(N(C)C(=O)[C@@H]2CNC[C@H]2C)CC1. The van der Waals surface area contributed by atoms with E-state index >= 15 is 0 Å². The summed E-state index contributed by atoms with van der Waals surface area (Å²) in [4.78, 5) is 17.1. The van der Waals surface area contributed by atoms with Crippen LogP contribution in [0.2, 0.25) is 0 Å². The second-order valence-electron chi connectivity index (χ2n) is 6.26. The third kappa shape index (κ3) is 3.48. The number of rotatable bonds is 4. The van der Waals surface area contributed by atoms with Gasteiger partial charge in [-0.15, -0.1) is 0 Å². The van der Waals surface area contributed by atoms with Gasteiger partial charge in [0.05, 0.1) is 5.92 Å². The molecule has 0 aromatic carbocycles. The molecule has 4 nitrogen and oxygen atoms in total. The highest BCUT2D eigenvalue weighted by Gasteiger charge is 2.34. The van der Waals surface area contributed by atoms with Gasteiger partial charge in [0.25, 0.3) is 0 Å². The first kappa shape index (κ1) is 14.8. The molecule has 2 fully saturated rings. The predicted molar refractivity (Wildman–Crippen MR) is 78.0 cm³/mol. The molecule has 0 aromatic rings. The Bertz CT molecular complexity index is 300. The predicted octanol–water partition coefficient (Wildman–Crippen LogP) is 1.17. The second-order valence-corrected chi connectivity index (χ2v) is 6.26. The van der Waals surface area contributed by atoms with Crippen LogP contribution in [0.4, 0.5) is 0 Å². The average molecular weight is 267 g/mol. The highest BCUT2D eigenvalue weighted by molar-refractivity contribution is 5.79. The standard InChI is InChI=1S/C15H29N3O/c1-4-7-18-8-5-13(6-9-18)17(3)15(19)14-11-16-10-12(14)2/h12-14,16H,4-11H2,1-3H3/t12-,14-/m1/s1. The van der Waals surface area contributed by atoms with Gasteiger partial charge in [-0.25, -0.2) is 0 Å². The van der Waals surface area contributed by atoms with Gasteiger partial charge < -0.3 is 15.1 Å². The second kappa shape index (κ2) is 6.71. The molecule has 1 amide bonds. The minimum atomic E-state index is 0.193. The molecule has 2 aliphatic rings. The van der Waals surface area contributed by atoms with E-state index in [0.29, 0.717) is 17.9 Å². The molecule has 0 aromatic heterocycles. The van der Waals surface area contributed by atoms with Gasteiger partial charge in [-0.05, 0) is 38.3 Å². The number of nitrogens with one attached hydrogen (secondary N) is 1. The van der Waals surface area contributed by atoms with Crippen molar-refractivity contribution in [3.8, 4) is 0 Å². The number of hydrogen-bond acceptors (Lipinski definition) is 3. The van der Waals surface area contributed by atoms with Crippen molar-refractivity contribution >= 4 is 5.91 Å². The molecule has 2 atom stereocenters. The van der Waals surface area contributed by atoms with E-state index in [-0.39, 0.29) is 5.92 Å². The highest BCUT2D eigenvalue weighted by Crippen LogP contribution is 2.22. The molecule has 2 aliphatic heterocycles. The van der Waals surface area contributed by atoms with Crippen molar-refractivity contribution < 1.29 is 4.79 Å². The number of likely N-dealkylation sites (tertiary alicyclic amines) is 1. The topological polar surface area (TPSA) is 35.6 Å². The lowest BCUT2D eigenvalue weighted by molar-refractivity contribution is -0.137. The Balaban J connectivity index is 1.83. The quantitative estimate of drug-likeness (QED) is 0.831. The number of carbonyl (C=O) groups excluding carboxylic acids is 1. The molecule has 0 unspecified atom stereocenters. The number of hydrogen-bond donors (Lipinski definition) is 1. The molecule has 19 heavy (non-hydrogen) atoms. The van der Waals surface area contributed by atoms with Crippen molar-refractivity contribution in [1.29, 1.82) is 0 Å². The van der Waals surface area contributed by atoms with Crippen LogP contribution in [0.15, 0.2) is 0 Å². The molecule has 4 heteroatoms. The van der Waals surface area contributed by atoms with E-state index in [4.69, 9.17) is 0 Å². The fourth-order valence-electron chi connectivity index (χ4n) is 3.43. The molecule has 2 rings (SSSR count). The average Bonchev–Trinajstić information content (AvgIpc) is 2.84. The van der Waals surface area contributed by atoms with Crippen molar-refractivity contribution in [1.82, 2.24) is 15.1 Å². The first-order valence-electron chi connectivity index (χ1n) is 7.83. The van der Waals surface area contributed by atoms with E-state index in [0.717, 1.165) is 39.0 Å². The lowest BCUT2D eigenvalue weighted by Crippen LogP contribution is -2.48. The zero-order chi connectivity index (χ0) is 13.8. The van der Waals surface area contributed by atoms with Crippen LogP contribution in [-0.4, -0.2) is 61.5 Å². The Morgan fingerprint density at radius 2 is 2.00 bits per heavy atom. The van der Waals surface area contributed by atoms with Crippen molar-refractivity contribution in [2.75, 3.05) is 39.8 Å². The molecule has 2 heterocycles. The van der Waals surface area contributed by atoms with Crippen LogP contribution in [0.3, 0.4) is 0 Å². The fraction of sp³-hybridized carbons (Fsp3) is 0.933. The maximum atomic E-state index is 12.5. The Hall–Kier alpha value is -0.610. The number of amides is 1. The lowest BCUT2D eigenvalue weighted by atomic mass is 9.94. The summed E-state index contributed by atoms with van der Waals surface area (Å²) in [7, 11) is 2.01. The van der Waals surface area contributed by atoms with Crippen molar-refractivity contribution in [3.63, 3.8) is 0 Å². The van der Waals surface area contributed by atoms with Crippen LogP contribution in [-0.2, 0) is 4.79 Å². The molecule has 2 saturated heterocycles. The first-order chi connectivity index (χ1) is 9.13. The lowest BCUT2D eigenvalue weighted by Gasteiger charge is -2.38. The van der Waals surface area contributed by atoms with E-state index in [2.05, 4.69) is 24.1 Å². The summed E-state index contributed by atoms with van der Waals surface area (Å²) in [6, 6.07) is 0.452. The van der Waals surface area contributed by atoms with Gasteiger partial charge in [-0.3, -0.25) is 4.79 Å². The van der Waals surface area contributed by atoms with Gasteiger partial charge in [0.2, 0.25) is 5.91 Å². The van der Waals surface area contributed by atoms with Crippen LogP contribution in [0, 0.1) is 11.8 Å². The summed E-state index contributed by atoms with van der Waals surface area (Å²) in [5.41, 5.74) is 0. The molecular weight excluding hydrogens is 238 g/mol. The van der Waals surface area contributed by atoms with Crippen LogP contribution >= 0.6 is 0 Å². The third-order valence-corrected chi connectivity index (χ3v) is 4.83. The van der Waals surface area contributed by atoms with Crippen LogP contribution in [0.5, 0.6) is 0 Å². The molecule has 110 valence electrons. The summed E-state index contributed by atoms with van der Waals surface area (Å²) in [6.07, 6.45) is 3.50. The Morgan fingerprint density at radius 1 is 1.32 bits per heavy atom. The van der Waals surface area contributed by atoms with Gasteiger partial charge in [0, 0.05) is 32.7 Å². The number of piperidine rings is 1. The Labute approximate surface area is 117 Å². The van der Waals surface area contributed by atoms with Gasteiger partial charge in [0.15, 0.2) is 0 Å². The summed E-state index contributed by atoms with van der Waals surface area (Å²) in [6.45, 7) is 9.76. The molecule has 0 saturated carbocycles. The normalized spacial score (nSPS) is 29.6. The van der Waals surface area contributed by atoms with E-state index in [1.807, 2.05) is 11.9 Å². The maximum Gasteiger partial charge on any atom is 0.227 e. The fourth-order valence-corrected chi connectivity index (χ4v) is 3.43. The minimum absolute atomic E-state index is 0.193. The number of carbonyl (C=O) groups is 1. The van der Waals surface area contributed by atoms with Gasteiger partial charge >= 0.3 is 0 Å². The zero-order valence-corrected chi connectivity index (χ0v) is 12.7. The first-order valence-corrected chi connectivity index (χ1v) is 7.83. The summed E-state index contributed by atoms with van der Waals surface area (Å²) >= 11 is 0. The Kier molecular flexibility index (Phi) is 5.22. The van der Waals surface area contributed by atoms with E-state index in [1.165, 1.54) is 13.0 Å². The summed E-state index contributed by atoms with van der Waals surface area (Å²) in [5, 5.41) is 3.33. The van der Waals surface area contributed by atoms with Crippen molar-refractivity contribution in [2.45, 2.75) is 39.2 Å². The monoisotopic (exact) mass is 267 g/mol. The summed E-state index contributed by atoms with van der Waals surface area (Å²) in [5.74, 6) is 1.03. The molecule has 1 N–H and O–H groups in total. The van der Waals surface area contributed by atoms with E-state index < -0.39 is 0 Å². The highest BCUT2D eigenvalue weighted by atomic mass is 16.2.